The van der Waals surface area contributed by atoms with Crippen LogP contribution in [0.4, 0.5) is 5.82 Å². The first kappa shape index (κ1) is 34.6. The number of imidazole rings is 1. The largest absolute Gasteiger partial charge is 0.481 e. The fourth-order valence-corrected chi connectivity index (χ4v) is 6.56. The molecule has 21 nitrogen and oxygen atoms in total. The van der Waals surface area contributed by atoms with Crippen LogP contribution in [0.3, 0.4) is 0 Å². The highest BCUT2D eigenvalue weighted by atomic mass is 31.3. The van der Waals surface area contributed by atoms with Crippen LogP contribution in [0.2, 0.25) is 0 Å². The predicted octanol–water partition coefficient (Wildman–Crippen LogP) is -1.08. The Bertz CT molecular complexity index is 1420. The van der Waals surface area contributed by atoms with Crippen LogP contribution < -0.4 is 11.1 Å². The second kappa shape index (κ2) is 13.0. The zero-order chi connectivity index (χ0) is 31.7. The van der Waals surface area contributed by atoms with Crippen molar-refractivity contribution in [3.63, 3.8) is 0 Å². The Kier molecular flexibility index (Phi) is 10.7. The number of hydrogen-bond acceptors (Lipinski definition) is 15. The Morgan fingerprint density at radius 3 is 2.43 bits per heavy atom. The SMILES string of the molecule is CCNC(=O)[C@H](O)C(C)(C)COP(=O)(O)OP(=O)(O)OC[C@H]1O[C@@H](n2cnc3c(N)ncnc32)[C@H](O)[C@@H]1OP(=O)(O)O. The number of phosphoric ester groups is 3. The lowest BCUT2D eigenvalue weighted by molar-refractivity contribution is -0.136. The maximum absolute atomic E-state index is 12.5. The summed E-state index contributed by atoms with van der Waals surface area (Å²) in [5.74, 6) is -0.815. The zero-order valence-electron chi connectivity index (χ0n) is 22.2. The number of carbonyl (C=O) groups is 1. The first-order valence-corrected chi connectivity index (χ1v) is 16.4. The number of nitrogen functional groups attached to an aromatic ring is 1. The van der Waals surface area contributed by atoms with Gasteiger partial charge < -0.3 is 45.6 Å². The van der Waals surface area contributed by atoms with Crippen LogP contribution in [0.25, 0.3) is 11.2 Å². The Hall–Kier alpha value is -1.93. The Morgan fingerprint density at radius 2 is 1.81 bits per heavy atom. The number of amides is 1. The van der Waals surface area contributed by atoms with Crippen LogP contribution >= 0.6 is 23.5 Å². The molecule has 24 heteroatoms. The summed E-state index contributed by atoms with van der Waals surface area (Å²) in [6.07, 6.45) is -6.35. The van der Waals surface area contributed by atoms with Gasteiger partial charge in [0.2, 0.25) is 5.91 Å². The second-order valence-electron chi connectivity index (χ2n) is 9.57. The molecule has 42 heavy (non-hydrogen) atoms. The van der Waals surface area contributed by atoms with Gasteiger partial charge in [0.15, 0.2) is 17.7 Å². The van der Waals surface area contributed by atoms with E-state index >= 15 is 0 Å². The minimum Gasteiger partial charge on any atom is -0.386 e. The zero-order valence-corrected chi connectivity index (χ0v) is 24.9. The topological polar surface area (TPSA) is 317 Å². The lowest BCUT2D eigenvalue weighted by atomic mass is 9.87. The first-order chi connectivity index (χ1) is 19.3. The molecule has 2 aromatic heterocycles. The van der Waals surface area contributed by atoms with E-state index in [0.717, 1.165) is 17.2 Å². The number of anilines is 1. The monoisotopic (exact) mass is 664 g/mol. The van der Waals surface area contributed by atoms with Crippen LogP contribution in [0.1, 0.15) is 27.0 Å². The van der Waals surface area contributed by atoms with Crippen molar-refractivity contribution in [2.24, 2.45) is 5.41 Å². The van der Waals surface area contributed by atoms with Crippen molar-refractivity contribution >= 4 is 46.4 Å². The summed E-state index contributed by atoms with van der Waals surface area (Å²) in [7, 11) is -16.1. The minimum absolute atomic E-state index is 0.0229. The van der Waals surface area contributed by atoms with E-state index in [4.69, 9.17) is 10.5 Å². The molecule has 9 N–H and O–H groups in total. The maximum atomic E-state index is 12.5. The summed E-state index contributed by atoms with van der Waals surface area (Å²) in [6, 6.07) is 0. The molecule has 0 spiro atoms. The van der Waals surface area contributed by atoms with Gasteiger partial charge in [-0.25, -0.2) is 28.6 Å². The highest BCUT2D eigenvalue weighted by Gasteiger charge is 2.50. The number of nitrogens with two attached hydrogens (primary N) is 1. The molecule has 1 aliphatic rings. The number of likely N-dealkylation sites (N-methyl/N-ethyl adjacent to an activating group) is 1. The molecule has 7 atom stereocenters. The van der Waals surface area contributed by atoms with Gasteiger partial charge in [-0.15, -0.1) is 0 Å². The van der Waals surface area contributed by atoms with Crippen molar-refractivity contribution in [3.05, 3.63) is 12.7 Å². The molecule has 1 fully saturated rings. The molecule has 0 aromatic carbocycles. The molecule has 1 saturated heterocycles. The van der Waals surface area contributed by atoms with Crippen molar-refractivity contribution in [2.75, 3.05) is 25.5 Å². The first-order valence-electron chi connectivity index (χ1n) is 11.9. The molecule has 0 saturated carbocycles. The Labute approximate surface area is 237 Å². The van der Waals surface area contributed by atoms with Crippen LogP contribution in [0.5, 0.6) is 0 Å². The summed E-state index contributed by atoms with van der Waals surface area (Å²) in [6.45, 7) is 2.56. The van der Waals surface area contributed by atoms with Gasteiger partial charge in [-0.2, -0.15) is 4.31 Å². The van der Waals surface area contributed by atoms with Crippen LogP contribution in [0.15, 0.2) is 12.7 Å². The van der Waals surface area contributed by atoms with Gasteiger partial charge in [-0.05, 0) is 6.92 Å². The molecule has 3 heterocycles. The van der Waals surface area contributed by atoms with E-state index < -0.39 is 78.6 Å². The van der Waals surface area contributed by atoms with E-state index in [-0.39, 0.29) is 23.5 Å². The molecule has 238 valence electrons. The number of aliphatic hydroxyl groups is 2. The summed E-state index contributed by atoms with van der Waals surface area (Å²) < 4.78 is 61.3. The van der Waals surface area contributed by atoms with E-state index in [2.05, 4.69) is 38.2 Å². The average molecular weight is 664 g/mol. The smallest absolute Gasteiger partial charge is 0.386 e. The fourth-order valence-electron chi connectivity index (χ4n) is 3.73. The van der Waals surface area contributed by atoms with Gasteiger partial charge in [-0.3, -0.25) is 22.9 Å². The standard InChI is InChI=1S/C18H31N6O15P3/c1-4-20-16(27)13(26)18(2,3)6-36-42(33,34)39-41(31,32)35-5-9-12(38-40(28,29)30)11(25)17(37-9)24-8-23-10-14(19)21-7-22-15(10)24/h7-9,11-13,17,25-26H,4-6H2,1-3H3,(H,20,27)(H,31,32)(H,33,34)(H2,19,21,22)(H2,28,29,30)/t9-,11-,12-,13+,17-/m1/s1. The molecule has 0 radical (unpaired) electrons. The lowest BCUT2D eigenvalue weighted by Crippen LogP contribution is -2.45. The van der Waals surface area contributed by atoms with Crippen LogP contribution in [-0.2, 0) is 41.1 Å². The van der Waals surface area contributed by atoms with E-state index in [1.807, 2.05) is 0 Å². The maximum Gasteiger partial charge on any atom is 0.481 e. The number of hydrogen-bond donors (Lipinski definition) is 8. The fraction of sp³-hybridized carbons (Fsp3) is 0.667. The molecule has 1 aliphatic heterocycles. The number of nitrogens with one attached hydrogen (secondary N) is 1. The number of ether oxygens (including phenoxy) is 1. The molecular formula is C18H31N6O15P3. The normalized spacial score (nSPS) is 25.2. The highest BCUT2D eigenvalue weighted by Crippen LogP contribution is 2.61. The summed E-state index contributed by atoms with van der Waals surface area (Å²) >= 11 is 0. The van der Waals surface area contributed by atoms with E-state index in [9.17, 15) is 48.3 Å². The number of nitrogens with zero attached hydrogens (tertiary/aromatic N) is 4. The van der Waals surface area contributed by atoms with Gasteiger partial charge in [0, 0.05) is 12.0 Å². The molecule has 0 bridgehead atoms. The van der Waals surface area contributed by atoms with E-state index in [0.29, 0.717) is 0 Å². The molecule has 0 aliphatic carbocycles. The van der Waals surface area contributed by atoms with Gasteiger partial charge in [-0.1, -0.05) is 13.8 Å². The molecule has 2 unspecified atom stereocenters. The Balaban J connectivity index is 1.71. The van der Waals surface area contributed by atoms with Gasteiger partial charge in [0.25, 0.3) is 0 Å². The van der Waals surface area contributed by atoms with Crippen LogP contribution in [0, 0.1) is 5.41 Å². The number of carbonyl (C=O) groups excluding carboxylic acids is 1. The lowest BCUT2D eigenvalue weighted by Gasteiger charge is -2.29. The van der Waals surface area contributed by atoms with E-state index in [1.165, 1.54) is 13.8 Å². The molecule has 2 aromatic rings. The Morgan fingerprint density at radius 1 is 1.17 bits per heavy atom. The molecule has 3 rings (SSSR count). The minimum atomic E-state index is -5.47. The second-order valence-corrected chi connectivity index (χ2v) is 13.8. The number of rotatable bonds is 14. The van der Waals surface area contributed by atoms with Gasteiger partial charge >= 0.3 is 23.5 Å². The van der Waals surface area contributed by atoms with Crippen molar-refractivity contribution < 1.29 is 70.9 Å². The molecular weight excluding hydrogens is 633 g/mol. The summed E-state index contributed by atoms with van der Waals surface area (Å²) in [5, 5.41) is 23.3. The van der Waals surface area contributed by atoms with Crippen molar-refractivity contribution in [3.8, 4) is 0 Å². The van der Waals surface area contributed by atoms with Crippen molar-refractivity contribution in [1.82, 2.24) is 24.8 Å². The number of fused-ring (bicyclic) bond motifs is 1. The third-order valence-corrected chi connectivity index (χ3v) is 8.88. The summed E-state index contributed by atoms with van der Waals surface area (Å²) in [5.41, 5.74) is 4.44. The number of aromatic nitrogens is 4. The van der Waals surface area contributed by atoms with Gasteiger partial charge in [0.05, 0.1) is 19.5 Å². The molecule has 1 amide bonds. The quantitative estimate of drug-likeness (QED) is 0.111. The summed E-state index contributed by atoms with van der Waals surface area (Å²) in [4.78, 5) is 62.2. The third kappa shape index (κ3) is 8.58. The van der Waals surface area contributed by atoms with Crippen molar-refractivity contribution in [1.29, 1.82) is 0 Å². The predicted molar refractivity (Wildman–Crippen MR) is 138 cm³/mol. The average Bonchev–Trinajstić information content (AvgIpc) is 3.42. The number of aliphatic hydroxyl groups excluding tert-OH is 2. The van der Waals surface area contributed by atoms with Crippen LogP contribution in [-0.4, -0.2) is 99.4 Å². The highest BCUT2D eigenvalue weighted by molar-refractivity contribution is 7.61. The van der Waals surface area contributed by atoms with Gasteiger partial charge in [0.1, 0.15) is 36.3 Å². The van der Waals surface area contributed by atoms with Crippen molar-refractivity contribution in [2.45, 2.75) is 51.4 Å². The third-order valence-electron chi connectivity index (χ3n) is 5.78. The number of phosphoric acid groups is 3. The van der Waals surface area contributed by atoms with E-state index in [1.54, 1.807) is 6.92 Å².